The number of benzene rings is 1. The first-order chi connectivity index (χ1) is 13.8. The fourth-order valence-corrected chi connectivity index (χ4v) is 5.34. The molecule has 0 bridgehead atoms. The zero-order valence-electron chi connectivity index (χ0n) is 18.0. The second-order valence-electron chi connectivity index (χ2n) is 9.15. The summed E-state index contributed by atoms with van der Waals surface area (Å²) in [5.41, 5.74) is 2.80. The Balaban J connectivity index is 1.35. The highest BCUT2D eigenvalue weighted by Gasteiger charge is 2.24. The highest BCUT2D eigenvalue weighted by Crippen LogP contribution is 2.40. The molecule has 154 valence electrons. The van der Waals surface area contributed by atoms with Crippen molar-refractivity contribution in [2.45, 2.75) is 83.7 Å². The Morgan fingerprint density at radius 2 is 1.50 bits per heavy atom. The van der Waals surface area contributed by atoms with E-state index >= 15 is 0 Å². The molecule has 0 heterocycles. The first-order valence-electron chi connectivity index (χ1n) is 11.7. The lowest BCUT2D eigenvalue weighted by Crippen LogP contribution is -2.17. The average Bonchev–Trinajstić information content (AvgIpc) is 2.75. The van der Waals surface area contributed by atoms with E-state index in [2.05, 4.69) is 49.9 Å². The van der Waals surface area contributed by atoms with E-state index in [0.29, 0.717) is 13.2 Å². The van der Waals surface area contributed by atoms with Crippen LogP contribution in [0.5, 0.6) is 0 Å². The van der Waals surface area contributed by atoms with E-state index in [1.165, 1.54) is 75.3 Å². The highest BCUT2D eigenvalue weighted by atomic mass is 16.5. The number of allylic oxidation sites excluding steroid dienone is 2. The molecule has 0 N–H and O–H groups in total. The van der Waals surface area contributed by atoms with E-state index in [0.717, 1.165) is 23.7 Å². The third-order valence-corrected chi connectivity index (χ3v) is 7.14. The number of hydrogen-bond donors (Lipinski definition) is 0. The molecular weight excluding hydrogens is 340 g/mol. The van der Waals surface area contributed by atoms with Gasteiger partial charge in [-0.3, -0.25) is 0 Å². The molecule has 2 aliphatic rings. The van der Waals surface area contributed by atoms with Crippen molar-refractivity contribution in [2.75, 3.05) is 6.61 Å². The SMILES string of the molecule is C=CCOCc1ccc([C@H]2CC[C@H](CC[C@H]3CC[C@H](/C=C\C)CC3)CC2)cc1. The minimum atomic E-state index is 0.628. The molecule has 0 saturated heterocycles. The maximum absolute atomic E-state index is 5.54. The molecular formula is C27H40O. The van der Waals surface area contributed by atoms with Gasteiger partial charge in [0, 0.05) is 0 Å². The van der Waals surface area contributed by atoms with Crippen LogP contribution in [-0.2, 0) is 11.3 Å². The Morgan fingerprint density at radius 3 is 2.07 bits per heavy atom. The van der Waals surface area contributed by atoms with E-state index in [4.69, 9.17) is 4.74 Å². The first kappa shape index (κ1) is 21.4. The lowest BCUT2D eigenvalue weighted by Gasteiger charge is -2.31. The monoisotopic (exact) mass is 380 g/mol. The zero-order chi connectivity index (χ0) is 19.6. The van der Waals surface area contributed by atoms with Crippen molar-refractivity contribution in [3.05, 3.63) is 60.2 Å². The average molecular weight is 381 g/mol. The second-order valence-corrected chi connectivity index (χ2v) is 9.15. The molecule has 1 heteroatoms. The van der Waals surface area contributed by atoms with Gasteiger partial charge < -0.3 is 4.74 Å². The fraction of sp³-hybridized carbons (Fsp3) is 0.630. The smallest absolute Gasteiger partial charge is 0.0721 e. The van der Waals surface area contributed by atoms with Crippen LogP contribution < -0.4 is 0 Å². The standard InChI is InChI=1S/C27H40O/c1-3-5-22-6-8-23(9-7-22)10-11-24-12-16-26(17-13-24)27-18-14-25(15-19-27)21-28-20-4-2/h3-5,14-15,18-19,22-24,26H,2,6-13,16-17,20-21H2,1H3/b5-3-/t22-,23-,24-,26-. The summed E-state index contributed by atoms with van der Waals surface area (Å²) in [4.78, 5) is 0. The molecule has 0 spiro atoms. The summed E-state index contributed by atoms with van der Waals surface area (Å²) in [5, 5.41) is 0. The normalized spacial score (nSPS) is 28.5. The highest BCUT2D eigenvalue weighted by molar-refractivity contribution is 5.25. The van der Waals surface area contributed by atoms with Crippen LogP contribution in [0.4, 0.5) is 0 Å². The quantitative estimate of drug-likeness (QED) is 0.313. The van der Waals surface area contributed by atoms with Crippen molar-refractivity contribution in [2.24, 2.45) is 17.8 Å². The molecule has 0 aliphatic heterocycles. The maximum atomic E-state index is 5.54. The lowest BCUT2D eigenvalue weighted by atomic mass is 9.74. The van der Waals surface area contributed by atoms with Crippen LogP contribution in [0.2, 0.25) is 0 Å². The fourth-order valence-electron chi connectivity index (χ4n) is 5.34. The zero-order valence-corrected chi connectivity index (χ0v) is 18.0. The Kier molecular flexibility index (Phi) is 8.86. The minimum Gasteiger partial charge on any atom is -0.373 e. The molecule has 2 fully saturated rings. The lowest BCUT2D eigenvalue weighted by molar-refractivity contribution is 0.149. The topological polar surface area (TPSA) is 9.23 Å². The van der Waals surface area contributed by atoms with Gasteiger partial charge in [-0.2, -0.15) is 0 Å². The van der Waals surface area contributed by atoms with Crippen LogP contribution in [0.25, 0.3) is 0 Å². The number of hydrogen-bond acceptors (Lipinski definition) is 1. The van der Waals surface area contributed by atoms with Crippen molar-refractivity contribution in [3.8, 4) is 0 Å². The summed E-state index contributed by atoms with van der Waals surface area (Å²) in [6, 6.07) is 9.16. The predicted molar refractivity (Wildman–Crippen MR) is 120 cm³/mol. The molecule has 28 heavy (non-hydrogen) atoms. The van der Waals surface area contributed by atoms with E-state index in [1.807, 2.05) is 6.08 Å². The van der Waals surface area contributed by atoms with Crippen LogP contribution in [0, 0.1) is 17.8 Å². The summed E-state index contributed by atoms with van der Waals surface area (Å²) >= 11 is 0. The van der Waals surface area contributed by atoms with Crippen LogP contribution in [-0.4, -0.2) is 6.61 Å². The number of ether oxygens (including phenoxy) is 1. The van der Waals surface area contributed by atoms with Crippen LogP contribution in [0.15, 0.2) is 49.1 Å². The van der Waals surface area contributed by atoms with E-state index in [-0.39, 0.29) is 0 Å². The molecule has 0 amide bonds. The van der Waals surface area contributed by atoms with Crippen molar-refractivity contribution >= 4 is 0 Å². The van der Waals surface area contributed by atoms with Gasteiger partial charge in [0.25, 0.3) is 0 Å². The molecule has 1 nitrogen and oxygen atoms in total. The Labute approximate surface area is 173 Å². The molecule has 0 radical (unpaired) electrons. The first-order valence-corrected chi connectivity index (χ1v) is 11.7. The van der Waals surface area contributed by atoms with Gasteiger partial charge in [0.1, 0.15) is 0 Å². The maximum Gasteiger partial charge on any atom is 0.0721 e. The third-order valence-electron chi connectivity index (χ3n) is 7.14. The van der Waals surface area contributed by atoms with Gasteiger partial charge >= 0.3 is 0 Å². The molecule has 2 aliphatic carbocycles. The van der Waals surface area contributed by atoms with E-state index in [1.54, 1.807) is 0 Å². The Bertz CT molecular complexity index is 583. The van der Waals surface area contributed by atoms with Crippen molar-refractivity contribution in [1.82, 2.24) is 0 Å². The summed E-state index contributed by atoms with van der Waals surface area (Å²) < 4.78 is 5.54. The van der Waals surface area contributed by atoms with Crippen molar-refractivity contribution < 1.29 is 4.74 Å². The summed E-state index contributed by atoms with van der Waals surface area (Å²) in [6.45, 7) is 7.18. The molecule has 0 atom stereocenters. The summed E-state index contributed by atoms with van der Waals surface area (Å²) in [6.07, 6.45) is 20.9. The van der Waals surface area contributed by atoms with Crippen LogP contribution in [0.3, 0.4) is 0 Å². The largest absolute Gasteiger partial charge is 0.373 e. The third kappa shape index (κ3) is 6.62. The van der Waals surface area contributed by atoms with Gasteiger partial charge in [0.15, 0.2) is 0 Å². The van der Waals surface area contributed by atoms with Crippen LogP contribution >= 0.6 is 0 Å². The van der Waals surface area contributed by atoms with Crippen molar-refractivity contribution in [3.63, 3.8) is 0 Å². The second kappa shape index (κ2) is 11.6. The summed E-state index contributed by atoms with van der Waals surface area (Å²) in [7, 11) is 0. The Hall–Kier alpha value is -1.34. The molecule has 0 aromatic heterocycles. The summed E-state index contributed by atoms with van der Waals surface area (Å²) in [5.74, 6) is 3.64. The van der Waals surface area contributed by atoms with Gasteiger partial charge in [-0.25, -0.2) is 0 Å². The molecule has 1 aromatic carbocycles. The van der Waals surface area contributed by atoms with Gasteiger partial charge in [-0.15, -0.1) is 6.58 Å². The van der Waals surface area contributed by atoms with Crippen molar-refractivity contribution in [1.29, 1.82) is 0 Å². The predicted octanol–water partition coefficient (Wildman–Crippen LogP) is 7.83. The Morgan fingerprint density at radius 1 is 0.893 bits per heavy atom. The van der Waals surface area contributed by atoms with E-state index < -0.39 is 0 Å². The van der Waals surface area contributed by atoms with E-state index in [9.17, 15) is 0 Å². The minimum absolute atomic E-state index is 0.628. The molecule has 0 unspecified atom stereocenters. The van der Waals surface area contributed by atoms with Gasteiger partial charge in [-0.05, 0) is 93.1 Å². The molecule has 1 aromatic rings. The molecule has 2 saturated carbocycles. The molecule has 3 rings (SSSR count). The van der Waals surface area contributed by atoms with Gasteiger partial charge in [-0.1, -0.05) is 55.3 Å². The van der Waals surface area contributed by atoms with Gasteiger partial charge in [0.2, 0.25) is 0 Å². The van der Waals surface area contributed by atoms with Gasteiger partial charge in [0.05, 0.1) is 13.2 Å². The number of rotatable bonds is 9. The van der Waals surface area contributed by atoms with Crippen LogP contribution in [0.1, 0.15) is 88.2 Å².